The van der Waals surface area contributed by atoms with Crippen molar-refractivity contribution < 1.29 is 4.74 Å². The van der Waals surface area contributed by atoms with Gasteiger partial charge in [-0.25, -0.2) is 0 Å². The first-order chi connectivity index (χ1) is 9.54. The van der Waals surface area contributed by atoms with Gasteiger partial charge in [0.2, 0.25) is 0 Å². The summed E-state index contributed by atoms with van der Waals surface area (Å²) in [7, 11) is 0. The van der Waals surface area contributed by atoms with Gasteiger partial charge < -0.3 is 10.1 Å². The Morgan fingerprint density at radius 3 is 2.60 bits per heavy atom. The lowest BCUT2D eigenvalue weighted by molar-refractivity contribution is 0.333. The van der Waals surface area contributed by atoms with Crippen molar-refractivity contribution in [3.8, 4) is 5.75 Å². The number of hydrogen-bond acceptors (Lipinski definition) is 2. The molecule has 4 heteroatoms. The molecule has 114 valence electrons. The standard InChI is InChI=1S/C16H25Br2NO/c1-4-20-16-13(9-14(17)10-15(16)18)11-19-8-6-5-7-12(2)3/h9-10,12,19H,4-8,11H2,1-3H3. The molecule has 0 aliphatic carbocycles. The molecule has 0 spiro atoms. The Balaban J connectivity index is 2.46. The van der Waals surface area contributed by atoms with Crippen LogP contribution >= 0.6 is 31.9 Å². The van der Waals surface area contributed by atoms with Gasteiger partial charge in [-0.1, -0.05) is 42.6 Å². The van der Waals surface area contributed by atoms with Crippen LogP contribution in [0.1, 0.15) is 45.6 Å². The van der Waals surface area contributed by atoms with Gasteiger partial charge >= 0.3 is 0 Å². The van der Waals surface area contributed by atoms with Crippen LogP contribution in [-0.2, 0) is 6.54 Å². The Morgan fingerprint density at radius 1 is 1.20 bits per heavy atom. The zero-order valence-electron chi connectivity index (χ0n) is 12.6. The molecule has 0 saturated carbocycles. The molecule has 20 heavy (non-hydrogen) atoms. The third-order valence-electron chi connectivity index (χ3n) is 3.07. The summed E-state index contributed by atoms with van der Waals surface area (Å²) < 4.78 is 7.80. The Bertz CT molecular complexity index is 408. The first-order valence-corrected chi connectivity index (χ1v) is 8.94. The molecule has 0 atom stereocenters. The minimum Gasteiger partial charge on any atom is -0.492 e. The molecule has 0 radical (unpaired) electrons. The van der Waals surface area contributed by atoms with E-state index in [-0.39, 0.29) is 0 Å². The second-order valence-electron chi connectivity index (χ2n) is 5.38. The van der Waals surface area contributed by atoms with Gasteiger partial charge in [0.05, 0.1) is 11.1 Å². The molecule has 0 amide bonds. The normalized spacial score (nSPS) is 11.1. The van der Waals surface area contributed by atoms with Crippen molar-refractivity contribution in [2.45, 2.75) is 46.6 Å². The maximum atomic E-state index is 5.72. The number of nitrogens with one attached hydrogen (secondary N) is 1. The number of unbranched alkanes of at least 4 members (excludes halogenated alkanes) is 1. The third kappa shape index (κ3) is 6.59. The van der Waals surface area contributed by atoms with Gasteiger partial charge in [0.15, 0.2) is 0 Å². The van der Waals surface area contributed by atoms with Gasteiger partial charge in [-0.2, -0.15) is 0 Å². The van der Waals surface area contributed by atoms with E-state index in [4.69, 9.17) is 4.74 Å². The first kappa shape index (κ1) is 18.0. The molecule has 0 aliphatic heterocycles. The van der Waals surface area contributed by atoms with Crippen LogP contribution in [0.3, 0.4) is 0 Å². The van der Waals surface area contributed by atoms with E-state index in [0.717, 1.165) is 33.7 Å². The van der Waals surface area contributed by atoms with Crippen molar-refractivity contribution in [1.82, 2.24) is 5.32 Å². The second kappa shape index (κ2) is 9.80. The maximum absolute atomic E-state index is 5.72. The molecule has 1 rings (SSSR count). The Hall–Kier alpha value is -0.0600. The highest BCUT2D eigenvalue weighted by Gasteiger charge is 2.09. The van der Waals surface area contributed by atoms with E-state index in [9.17, 15) is 0 Å². The number of benzene rings is 1. The van der Waals surface area contributed by atoms with Crippen LogP contribution in [0.5, 0.6) is 5.75 Å². The zero-order chi connectivity index (χ0) is 15.0. The highest BCUT2D eigenvalue weighted by Crippen LogP contribution is 2.32. The summed E-state index contributed by atoms with van der Waals surface area (Å²) in [5, 5.41) is 3.51. The van der Waals surface area contributed by atoms with Crippen molar-refractivity contribution in [1.29, 1.82) is 0 Å². The molecule has 0 heterocycles. The predicted octanol–water partition coefficient (Wildman–Crippen LogP) is 5.53. The monoisotopic (exact) mass is 405 g/mol. The summed E-state index contributed by atoms with van der Waals surface area (Å²) >= 11 is 7.10. The van der Waals surface area contributed by atoms with Crippen molar-refractivity contribution in [2.24, 2.45) is 5.92 Å². The minimum atomic E-state index is 0.682. The van der Waals surface area contributed by atoms with Gasteiger partial charge in [-0.05, 0) is 53.9 Å². The molecule has 1 aromatic carbocycles. The van der Waals surface area contributed by atoms with E-state index >= 15 is 0 Å². The topological polar surface area (TPSA) is 21.3 Å². The molecular weight excluding hydrogens is 382 g/mol. The number of hydrogen-bond donors (Lipinski definition) is 1. The average molecular weight is 407 g/mol. The second-order valence-corrected chi connectivity index (χ2v) is 7.15. The molecule has 0 fully saturated rings. The average Bonchev–Trinajstić information content (AvgIpc) is 2.37. The van der Waals surface area contributed by atoms with Crippen LogP contribution in [0.2, 0.25) is 0 Å². The lowest BCUT2D eigenvalue weighted by Gasteiger charge is -2.14. The van der Waals surface area contributed by atoms with Crippen LogP contribution in [0.4, 0.5) is 0 Å². The van der Waals surface area contributed by atoms with Crippen LogP contribution in [0.15, 0.2) is 21.1 Å². The van der Waals surface area contributed by atoms with E-state index in [1.54, 1.807) is 0 Å². The molecule has 0 aliphatic rings. The SMILES string of the molecule is CCOc1c(Br)cc(Br)cc1CNCCCCC(C)C. The fourth-order valence-electron chi connectivity index (χ4n) is 2.08. The fraction of sp³-hybridized carbons (Fsp3) is 0.625. The molecule has 2 nitrogen and oxygen atoms in total. The van der Waals surface area contributed by atoms with Gasteiger partial charge in [0, 0.05) is 16.6 Å². The molecule has 1 aromatic rings. The lowest BCUT2D eigenvalue weighted by atomic mass is 10.1. The van der Waals surface area contributed by atoms with Gasteiger partial charge in [0.25, 0.3) is 0 Å². The maximum Gasteiger partial charge on any atom is 0.138 e. The van der Waals surface area contributed by atoms with Crippen molar-refractivity contribution in [3.63, 3.8) is 0 Å². The number of rotatable bonds is 9. The molecule has 0 aromatic heterocycles. The predicted molar refractivity (Wildman–Crippen MR) is 93.4 cm³/mol. The summed E-state index contributed by atoms with van der Waals surface area (Å²) in [6, 6.07) is 4.15. The highest BCUT2D eigenvalue weighted by atomic mass is 79.9. The highest BCUT2D eigenvalue weighted by molar-refractivity contribution is 9.11. The van der Waals surface area contributed by atoms with E-state index in [1.165, 1.54) is 24.8 Å². The van der Waals surface area contributed by atoms with E-state index in [1.807, 2.05) is 13.0 Å². The van der Waals surface area contributed by atoms with E-state index in [2.05, 4.69) is 57.1 Å². The number of halogens is 2. The Labute approximate surface area is 139 Å². The molecule has 0 saturated heterocycles. The minimum absolute atomic E-state index is 0.682. The number of ether oxygens (including phenoxy) is 1. The van der Waals surface area contributed by atoms with Crippen LogP contribution in [-0.4, -0.2) is 13.2 Å². The quantitative estimate of drug-likeness (QED) is 0.544. The summed E-state index contributed by atoms with van der Waals surface area (Å²) in [4.78, 5) is 0. The molecule has 0 bridgehead atoms. The fourth-order valence-corrected chi connectivity index (χ4v) is 3.50. The van der Waals surface area contributed by atoms with E-state index < -0.39 is 0 Å². The van der Waals surface area contributed by atoms with Crippen molar-refractivity contribution in [2.75, 3.05) is 13.2 Å². The third-order valence-corrected chi connectivity index (χ3v) is 4.12. The van der Waals surface area contributed by atoms with Crippen LogP contribution < -0.4 is 10.1 Å². The van der Waals surface area contributed by atoms with Crippen molar-refractivity contribution in [3.05, 3.63) is 26.6 Å². The molecule has 0 unspecified atom stereocenters. The van der Waals surface area contributed by atoms with Gasteiger partial charge in [-0.3, -0.25) is 0 Å². The van der Waals surface area contributed by atoms with Crippen LogP contribution in [0, 0.1) is 5.92 Å². The zero-order valence-corrected chi connectivity index (χ0v) is 15.8. The van der Waals surface area contributed by atoms with Crippen LogP contribution in [0.25, 0.3) is 0 Å². The summed E-state index contributed by atoms with van der Waals surface area (Å²) in [6.45, 7) is 9.15. The summed E-state index contributed by atoms with van der Waals surface area (Å²) in [5.74, 6) is 1.76. The summed E-state index contributed by atoms with van der Waals surface area (Å²) in [6.07, 6.45) is 3.84. The summed E-state index contributed by atoms with van der Waals surface area (Å²) in [5.41, 5.74) is 1.19. The Kier molecular flexibility index (Phi) is 8.82. The van der Waals surface area contributed by atoms with E-state index in [0.29, 0.717) is 6.61 Å². The first-order valence-electron chi connectivity index (χ1n) is 7.36. The van der Waals surface area contributed by atoms with Crippen molar-refractivity contribution >= 4 is 31.9 Å². The van der Waals surface area contributed by atoms with Gasteiger partial charge in [0.1, 0.15) is 5.75 Å². The molecule has 1 N–H and O–H groups in total. The molecular formula is C16H25Br2NO. The van der Waals surface area contributed by atoms with Gasteiger partial charge in [-0.15, -0.1) is 0 Å². The smallest absolute Gasteiger partial charge is 0.138 e. The lowest BCUT2D eigenvalue weighted by Crippen LogP contribution is -2.16. The Morgan fingerprint density at radius 2 is 1.95 bits per heavy atom. The largest absolute Gasteiger partial charge is 0.492 e.